The van der Waals surface area contributed by atoms with Gasteiger partial charge in [-0.15, -0.1) is 0 Å². The third-order valence-electron chi connectivity index (χ3n) is 3.67. The zero-order valence-electron chi connectivity index (χ0n) is 14.1. The SMILES string of the molecule is C[C@@H]1CN(C(=O)OC(C)(C)C)CCN1C(=O)c1ccccc1O. The third-order valence-corrected chi connectivity index (χ3v) is 3.67. The van der Waals surface area contributed by atoms with E-state index in [4.69, 9.17) is 4.74 Å². The summed E-state index contributed by atoms with van der Waals surface area (Å²) >= 11 is 0. The fraction of sp³-hybridized carbons (Fsp3) is 0.529. The van der Waals surface area contributed by atoms with Gasteiger partial charge in [-0.25, -0.2) is 4.79 Å². The molecule has 0 spiro atoms. The van der Waals surface area contributed by atoms with Crippen molar-refractivity contribution in [2.24, 2.45) is 0 Å². The topological polar surface area (TPSA) is 70.1 Å². The first-order valence-electron chi connectivity index (χ1n) is 7.76. The molecule has 0 unspecified atom stereocenters. The molecule has 1 N–H and O–H groups in total. The van der Waals surface area contributed by atoms with E-state index < -0.39 is 5.60 Å². The second-order valence-electron chi connectivity index (χ2n) is 6.79. The van der Waals surface area contributed by atoms with E-state index in [1.807, 2.05) is 27.7 Å². The summed E-state index contributed by atoms with van der Waals surface area (Å²) in [5.74, 6) is -0.251. The van der Waals surface area contributed by atoms with E-state index in [0.29, 0.717) is 19.6 Å². The lowest BCUT2D eigenvalue weighted by molar-refractivity contribution is 0.00610. The van der Waals surface area contributed by atoms with Crippen LogP contribution in [0.1, 0.15) is 38.1 Å². The smallest absolute Gasteiger partial charge is 0.410 e. The molecule has 0 aliphatic carbocycles. The van der Waals surface area contributed by atoms with Gasteiger partial charge in [0.25, 0.3) is 5.91 Å². The summed E-state index contributed by atoms with van der Waals surface area (Å²) in [6, 6.07) is 6.34. The first-order valence-corrected chi connectivity index (χ1v) is 7.76. The Hall–Kier alpha value is -2.24. The van der Waals surface area contributed by atoms with Crippen molar-refractivity contribution in [1.29, 1.82) is 0 Å². The highest BCUT2D eigenvalue weighted by Crippen LogP contribution is 2.21. The van der Waals surface area contributed by atoms with E-state index in [1.165, 1.54) is 6.07 Å². The van der Waals surface area contributed by atoms with Gasteiger partial charge in [0.1, 0.15) is 11.4 Å². The molecule has 0 saturated carbocycles. The molecule has 126 valence electrons. The van der Waals surface area contributed by atoms with Crippen molar-refractivity contribution in [3.05, 3.63) is 29.8 Å². The summed E-state index contributed by atoms with van der Waals surface area (Å²) < 4.78 is 5.37. The van der Waals surface area contributed by atoms with Gasteiger partial charge in [0.2, 0.25) is 0 Å². The molecular formula is C17H24N2O4. The summed E-state index contributed by atoms with van der Waals surface area (Å²) in [6.45, 7) is 8.60. The molecule has 1 saturated heterocycles. The molecule has 0 bridgehead atoms. The molecule has 1 aliphatic rings. The lowest BCUT2D eigenvalue weighted by Gasteiger charge is -2.40. The van der Waals surface area contributed by atoms with Gasteiger partial charge in [-0.3, -0.25) is 4.79 Å². The van der Waals surface area contributed by atoms with Crippen LogP contribution in [0.3, 0.4) is 0 Å². The van der Waals surface area contributed by atoms with Crippen molar-refractivity contribution in [2.75, 3.05) is 19.6 Å². The zero-order chi connectivity index (χ0) is 17.2. The standard InChI is InChI=1S/C17H24N2O4/c1-12-11-18(16(22)23-17(2,3)4)9-10-19(12)15(21)13-7-5-6-8-14(13)20/h5-8,12,20H,9-11H2,1-4H3/t12-/m1/s1. The van der Waals surface area contributed by atoms with Gasteiger partial charge in [-0.05, 0) is 39.8 Å². The van der Waals surface area contributed by atoms with Gasteiger partial charge in [0, 0.05) is 25.7 Å². The third kappa shape index (κ3) is 4.15. The maximum Gasteiger partial charge on any atom is 0.410 e. The number of amides is 2. The number of carbonyl (C=O) groups is 2. The van der Waals surface area contributed by atoms with Gasteiger partial charge >= 0.3 is 6.09 Å². The number of para-hydroxylation sites is 1. The molecule has 1 aliphatic heterocycles. The highest BCUT2D eigenvalue weighted by molar-refractivity contribution is 5.97. The average molecular weight is 320 g/mol. The zero-order valence-corrected chi connectivity index (χ0v) is 14.1. The lowest BCUT2D eigenvalue weighted by Crippen LogP contribution is -2.56. The van der Waals surface area contributed by atoms with Crippen molar-refractivity contribution in [3.63, 3.8) is 0 Å². The van der Waals surface area contributed by atoms with Crippen LogP contribution in [0, 0.1) is 0 Å². The molecule has 1 heterocycles. The maximum absolute atomic E-state index is 12.6. The number of ether oxygens (including phenoxy) is 1. The second kappa shape index (κ2) is 6.48. The van der Waals surface area contributed by atoms with E-state index in [0.717, 1.165) is 0 Å². The lowest BCUT2D eigenvalue weighted by atomic mass is 10.1. The number of phenolic OH excluding ortho intramolecular Hbond substituents is 1. The minimum absolute atomic E-state index is 0.0285. The molecule has 0 aromatic heterocycles. The largest absolute Gasteiger partial charge is 0.507 e. The van der Waals surface area contributed by atoms with Crippen molar-refractivity contribution in [3.8, 4) is 5.75 Å². The summed E-state index contributed by atoms with van der Waals surface area (Å²) in [5, 5.41) is 9.83. The van der Waals surface area contributed by atoms with E-state index in [-0.39, 0.29) is 29.4 Å². The van der Waals surface area contributed by atoms with E-state index in [9.17, 15) is 14.7 Å². The predicted molar refractivity (Wildman–Crippen MR) is 86.4 cm³/mol. The molecule has 1 aromatic carbocycles. The average Bonchev–Trinajstić information content (AvgIpc) is 2.45. The molecule has 6 heteroatoms. The second-order valence-corrected chi connectivity index (χ2v) is 6.79. The van der Waals surface area contributed by atoms with Crippen molar-refractivity contribution in [1.82, 2.24) is 9.80 Å². The minimum Gasteiger partial charge on any atom is -0.507 e. The highest BCUT2D eigenvalue weighted by Gasteiger charge is 2.33. The van der Waals surface area contributed by atoms with Crippen LogP contribution in [-0.4, -0.2) is 58.2 Å². The maximum atomic E-state index is 12.6. The number of rotatable bonds is 1. The highest BCUT2D eigenvalue weighted by atomic mass is 16.6. The van der Waals surface area contributed by atoms with Crippen molar-refractivity contribution in [2.45, 2.75) is 39.3 Å². The van der Waals surface area contributed by atoms with Crippen LogP contribution < -0.4 is 0 Å². The number of carbonyl (C=O) groups excluding carboxylic acids is 2. The molecular weight excluding hydrogens is 296 g/mol. The number of piperazine rings is 1. The molecule has 1 atom stereocenters. The van der Waals surface area contributed by atoms with Crippen LogP contribution >= 0.6 is 0 Å². The Morgan fingerprint density at radius 2 is 1.87 bits per heavy atom. The van der Waals surface area contributed by atoms with Crippen LogP contribution in [-0.2, 0) is 4.74 Å². The van der Waals surface area contributed by atoms with Crippen LogP contribution in [0.4, 0.5) is 4.79 Å². The van der Waals surface area contributed by atoms with E-state index >= 15 is 0 Å². The summed E-state index contributed by atoms with van der Waals surface area (Å²) in [5.41, 5.74) is -0.256. The Labute approximate surface area is 136 Å². The number of hydrogen-bond acceptors (Lipinski definition) is 4. The number of aromatic hydroxyl groups is 1. The monoisotopic (exact) mass is 320 g/mol. The molecule has 0 radical (unpaired) electrons. The van der Waals surface area contributed by atoms with Crippen LogP contribution in [0.25, 0.3) is 0 Å². The number of nitrogens with zero attached hydrogens (tertiary/aromatic N) is 2. The Kier molecular flexibility index (Phi) is 4.82. The number of benzene rings is 1. The molecule has 6 nitrogen and oxygen atoms in total. The Balaban J connectivity index is 2.03. The van der Waals surface area contributed by atoms with Crippen LogP contribution in [0.5, 0.6) is 5.75 Å². The molecule has 23 heavy (non-hydrogen) atoms. The fourth-order valence-corrected chi connectivity index (χ4v) is 2.56. The van der Waals surface area contributed by atoms with Gasteiger partial charge in [0.15, 0.2) is 0 Å². The molecule has 1 fully saturated rings. The first-order chi connectivity index (χ1) is 10.7. The van der Waals surface area contributed by atoms with Crippen molar-refractivity contribution < 1.29 is 19.4 Å². The summed E-state index contributed by atoms with van der Waals surface area (Å²) in [6.07, 6.45) is -0.362. The fourth-order valence-electron chi connectivity index (χ4n) is 2.56. The van der Waals surface area contributed by atoms with Gasteiger partial charge in [-0.1, -0.05) is 12.1 Å². The molecule has 2 rings (SSSR count). The van der Waals surface area contributed by atoms with Crippen molar-refractivity contribution >= 4 is 12.0 Å². The van der Waals surface area contributed by atoms with Gasteiger partial charge in [-0.2, -0.15) is 0 Å². The summed E-state index contributed by atoms with van der Waals surface area (Å²) in [7, 11) is 0. The molecule has 2 amide bonds. The predicted octanol–water partition coefficient (Wildman–Crippen LogP) is 2.47. The summed E-state index contributed by atoms with van der Waals surface area (Å²) in [4.78, 5) is 28.0. The number of hydrogen-bond donors (Lipinski definition) is 1. The number of phenols is 1. The van der Waals surface area contributed by atoms with E-state index in [2.05, 4.69) is 0 Å². The Bertz CT molecular complexity index is 595. The molecule has 1 aromatic rings. The normalized spacial score (nSPS) is 18.7. The Morgan fingerprint density at radius 1 is 1.22 bits per heavy atom. The van der Waals surface area contributed by atoms with Gasteiger partial charge < -0.3 is 19.6 Å². The van der Waals surface area contributed by atoms with E-state index in [1.54, 1.807) is 28.0 Å². The van der Waals surface area contributed by atoms with Crippen LogP contribution in [0.2, 0.25) is 0 Å². The minimum atomic E-state index is -0.539. The first kappa shape index (κ1) is 17.1. The van der Waals surface area contributed by atoms with Gasteiger partial charge in [0.05, 0.1) is 5.56 Å². The van der Waals surface area contributed by atoms with Crippen LogP contribution in [0.15, 0.2) is 24.3 Å². The quantitative estimate of drug-likeness (QED) is 0.863. The Morgan fingerprint density at radius 3 is 2.43 bits per heavy atom.